The summed E-state index contributed by atoms with van der Waals surface area (Å²) in [4.78, 5) is 0. The molecule has 0 aromatic rings. The summed E-state index contributed by atoms with van der Waals surface area (Å²) < 4.78 is 4.61. The van der Waals surface area contributed by atoms with Crippen molar-refractivity contribution in [2.24, 2.45) is 0 Å². The van der Waals surface area contributed by atoms with Crippen molar-refractivity contribution in [3.05, 3.63) is 11.4 Å². The minimum absolute atomic E-state index is 0.384. The summed E-state index contributed by atoms with van der Waals surface area (Å²) in [7, 11) is 0. The van der Waals surface area contributed by atoms with E-state index in [-0.39, 0.29) is 0 Å². The van der Waals surface area contributed by atoms with Crippen LogP contribution in [0.2, 0.25) is 0 Å². The summed E-state index contributed by atoms with van der Waals surface area (Å²) in [6.07, 6.45) is 1.49. The lowest BCUT2D eigenvalue weighted by Gasteiger charge is -1.84. The molecule has 0 bridgehead atoms. The quantitative estimate of drug-likeness (QED) is 0.442. The summed E-state index contributed by atoms with van der Waals surface area (Å²) in [6, 6.07) is 0. The molecule has 33 valence electrons. The van der Waals surface area contributed by atoms with Gasteiger partial charge in [-0.1, -0.05) is 0 Å². The first-order chi connectivity index (χ1) is 2.89. The third kappa shape index (κ3) is 0.571. The fraction of sp³-hybridized carbons (Fsp3) is 0.333. The van der Waals surface area contributed by atoms with Gasteiger partial charge in [0.1, 0.15) is 0 Å². The first kappa shape index (κ1) is 3.81. The summed E-state index contributed by atoms with van der Waals surface area (Å²) in [5, 5.41) is 4.03. The first-order valence-corrected chi connectivity index (χ1v) is 1.92. The molecule has 2 nitrogen and oxygen atoms in total. The van der Waals surface area contributed by atoms with Crippen LogP contribution in [0.3, 0.4) is 0 Å². The average Bonchev–Trinajstić information content (AvgIpc) is 1.86. The molecule has 6 heavy (non-hydrogen) atoms. The lowest BCUT2D eigenvalue weighted by Crippen LogP contribution is -1.89. The van der Waals surface area contributed by atoms with Gasteiger partial charge in [0.05, 0.1) is 6.20 Å². The lowest BCUT2D eigenvalue weighted by atomic mass is 11.0. The van der Waals surface area contributed by atoms with Gasteiger partial charge in [-0.3, -0.25) is 0 Å². The van der Waals surface area contributed by atoms with E-state index >= 15 is 0 Å². The summed E-state index contributed by atoms with van der Waals surface area (Å²) >= 11 is 5.26. The highest BCUT2D eigenvalue weighted by Gasteiger charge is 1.97. The number of halogens is 1. The van der Waals surface area contributed by atoms with Crippen molar-refractivity contribution >= 4 is 11.6 Å². The van der Waals surface area contributed by atoms with Gasteiger partial charge in [0, 0.05) is 0 Å². The van der Waals surface area contributed by atoms with Crippen LogP contribution in [0.1, 0.15) is 0 Å². The molecule has 0 aliphatic carbocycles. The maximum absolute atomic E-state index is 5.26. The van der Waals surface area contributed by atoms with E-state index in [4.69, 9.17) is 11.6 Å². The molecule has 0 spiro atoms. The zero-order valence-electron chi connectivity index (χ0n) is 3.02. The second-order valence-electron chi connectivity index (χ2n) is 0.889. The third-order valence-electron chi connectivity index (χ3n) is 0.470. The standard InChI is InChI=1S/C3H3ClNO/c4-3-1-5-2-6-3/h1H,2H2. The molecular weight excluding hydrogens is 101 g/mol. The molecule has 1 rings (SSSR count). The maximum Gasteiger partial charge on any atom is 0.207 e. The minimum Gasteiger partial charge on any atom is -0.459 e. The third-order valence-corrected chi connectivity index (χ3v) is 0.676. The van der Waals surface area contributed by atoms with E-state index in [1.165, 1.54) is 6.20 Å². The van der Waals surface area contributed by atoms with Gasteiger partial charge in [-0.2, -0.15) is 0 Å². The fourth-order valence-corrected chi connectivity index (χ4v) is 0.363. The molecule has 0 aromatic carbocycles. The van der Waals surface area contributed by atoms with Crippen LogP contribution in [-0.4, -0.2) is 6.73 Å². The molecule has 1 aliphatic rings. The van der Waals surface area contributed by atoms with Crippen molar-refractivity contribution in [1.29, 1.82) is 0 Å². The van der Waals surface area contributed by atoms with Gasteiger partial charge in [-0.15, -0.1) is 0 Å². The number of hydrogen-bond donors (Lipinski definition) is 0. The van der Waals surface area contributed by atoms with Crippen LogP contribution < -0.4 is 5.32 Å². The Morgan fingerprint density at radius 2 is 2.83 bits per heavy atom. The van der Waals surface area contributed by atoms with Gasteiger partial charge in [0.15, 0.2) is 6.73 Å². The number of nitrogens with zero attached hydrogens (tertiary/aromatic N) is 1. The van der Waals surface area contributed by atoms with E-state index in [1.807, 2.05) is 0 Å². The van der Waals surface area contributed by atoms with Gasteiger partial charge >= 0.3 is 0 Å². The number of ether oxygens (including phenoxy) is 1. The largest absolute Gasteiger partial charge is 0.459 e. The molecule has 3 heteroatoms. The molecule has 1 aliphatic heterocycles. The van der Waals surface area contributed by atoms with E-state index < -0.39 is 0 Å². The highest BCUT2D eigenvalue weighted by Crippen LogP contribution is 2.05. The predicted octanol–water partition coefficient (Wildman–Crippen LogP) is 0.616. The average molecular weight is 105 g/mol. The second kappa shape index (κ2) is 1.39. The van der Waals surface area contributed by atoms with Crippen LogP contribution in [0.25, 0.3) is 0 Å². The molecule has 0 saturated heterocycles. The Hall–Kier alpha value is -0.370. The fourth-order valence-electron chi connectivity index (χ4n) is 0.245. The first-order valence-electron chi connectivity index (χ1n) is 1.54. The van der Waals surface area contributed by atoms with Crippen molar-refractivity contribution in [2.45, 2.75) is 0 Å². The predicted molar refractivity (Wildman–Crippen MR) is 22.0 cm³/mol. The summed E-state index contributed by atoms with van der Waals surface area (Å²) in [5.41, 5.74) is 0. The molecule has 0 aromatic heterocycles. The van der Waals surface area contributed by atoms with Crippen molar-refractivity contribution in [2.75, 3.05) is 6.73 Å². The van der Waals surface area contributed by atoms with Crippen LogP contribution in [0.15, 0.2) is 11.4 Å². The Bertz CT molecular complexity index is 80.9. The van der Waals surface area contributed by atoms with Crippen LogP contribution in [0.4, 0.5) is 0 Å². The molecular formula is C3H3ClNO. The molecule has 1 radical (unpaired) electrons. The highest BCUT2D eigenvalue weighted by molar-refractivity contribution is 6.28. The second-order valence-corrected chi connectivity index (χ2v) is 1.26. The molecule has 0 amide bonds. The maximum atomic E-state index is 5.26. The minimum atomic E-state index is 0.384. The summed E-state index contributed by atoms with van der Waals surface area (Å²) in [6.45, 7) is 0.388. The van der Waals surface area contributed by atoms with E-state index in [1.54, 1.807) is 0 Å². The number of rotatable bonds is 0. The topological polar surface area (TPSA) is 23.3 Å². The van der Waals surface area contributed by atoms with Crippen molar-refractivity contribution in [3.63, 3.8) is 0 Å². The van der Waals surface area contributed by atoms with E-state index in [0.29, 0.717) is 11.9 Å². The van der Waals surface area contributed by atoms with Gasteiger partial charge in [0.2, 0.25) is 5.22 Å². The smallest absolute Gasteiger partial charge is 0.207 e. The van der Waals surface area contributed by atoms with Gasteiger partial charge in [0.25, 0.3) is 0 Å². The van der Waals surface area contributed by atoms with Crippen LogP contribution in [0.5, 0.6) is 0 Å². The van der Waals surface area contributed by atoms with Gasteiger partial charge in [-0.05, 0) is 11.6 Å². The van der Waals surface area contributed by atoms with Crippen LogP contribution >= 0.6 is 11.6 Å². The molecule has 0 fully saturated rings. The molecule has 0 atom stereocenters. The Morgan fingerprint density at radius 1 is 2.00 bits per heavy atom. The molecule has 0 unspecified atom stereocenters. The SMILES string of the molecule is ClC1=C[N]CO1. The molecule has 1 heterocycles. The zero-order chi connectivity index (χ0) is 4.41. The Balaban J connectivity index is 2.45. The highest BCUT2D eigenvalue weighted by atomic mass is 35.5. The Kier molecular flexibility index (Phi) is 0.881. The van der Waals surface area contributed by atoms with Crippen LogP contribution in [0, 0.1) is 0 Å². The van der Waals surface area contributed by atoms with E-state index in [9.17, 15) is 0 Å². The monoisotopic (exact) mass is 104 g/mol. The Morgan fingerprint density at radius 3 is 3.00 bits per heavy atom. The normalized spacial score (nSPS) is 18.5. The van der Waals surface area contributed by atoms with Gasteiger partial charge in [-0.25, -0.2) is 5.32 Å². The zero-order valence-corrected chi connectivity index (χ0v) is 3.77. The van der Waals surface area contributed by atoms with E-state index in [0.717, 1.165) is 0 Å². The molecule has 0 saturated carbocycles. The number of hydrogen-bond acceptors (Lipinski definition) is 1. The lowest BCUT2D eigenvalue weighted by molar-refractivity contribution is 0.253. The van der Waals surface area contributed by atoms with Crippen molar-refractivity contribution < 1.29 is 4.74 Å². The van der Waals surface area contributed by atoms with E-state index in [2.05, 4.69) is 10.1 Å². The summed E-state index contributed by atoms with van der Waals surface area (Å²) in [5.74, 6) is 0. The van der Waals surface area contributed by atoms with Gasteiger partial charge < -0.3 is 4.74 Å². The van der Waals surface area contributed by atoms with Crippen LogP contribution in [-0.2, 0) is 4.74 Å². The van der Waals surface area contributed by atoms with Crippen molar-refractivity contribution in [1.82, 2.24) is 5.32 Å². The molecule has 0 N–H and O–H groups in total. The Labute approximate surface area is 40.7 Å². The van der Waals surface area contributed by atoms with Crippen molar-refractivity contribution in [3.8, 4) is 0 Å².